The molecule has 30 heavy (non-hydrogen) atoms. The molecule has 154 valence electrons. The number of rotatable bonds is 8. The van der Waals surface area contributed by atoms with Crippen LogP contribution in [0.1, 0.15) is 12.0 Å². The monoisotopic (exact) mass is 422 g/mol. The minimum absolute atomic E-state index is 0.00299. The molecule has 1 saturated heterocycles. The second-order valence-electron chi connectivity index (χ2n) is 6.55. The Bertz CT molecular complexity index is 947. The van der Waals surface area contributed by atoms with Gasteiger partial charge in [0, 0.05) is 18.7 Å². The summed E-state index contributed by atoms with van der Waals surface area (Å²) in [7, 11) is 0. The summed E-state index contributed by atoms with van der Waals surface area (Å²) in [5, 5.41) is 6.63. The lowest BCUT2D eigenvalue weighted by Gasteiger charge is -2.13. The van der Waals surface area contributed by atoms with Gasteiger partial charge in [-0.15, -0.1) is 11.7 Å². The van der Waals surface area contributed by atoms with Crippen molar-refractivity contribution in [1.82, 2.24) is 10.3 Å². The summed E-state index contributed by atoms with van der Waals surface area (Å²) < 4.78 is 0. The van der Waals surface area contributed by atoms with Crippen LogP contribution in [0.15, 0.2) is 78.4 Å². The highest BCUT2D eigenvalue weighted by atomic mass is 32.2. The van der Waals surface area contributed by atoms with Gasteiger partial charge in [0.1, 0.15) is 5.25 Å². The molecule has 0 radical (unpaired) electrons. The van der Waals surface area contributed by atoms with Gasteiger partial charge in [-0.2, -0.15) is 0 Å². The van der Waals surface area contributed by atoms with Crippen LogP contribution in [0.5, 0.6) is 0 Å². The Hall–Kier alpha value is -3.39. The van der Waals surface area contributed by atoms with E-state index >= 15 is 0 Å². The number of para-hydroxylation sites is 1. The first-order chi connectivity index (χ1) is 14.6. The molecule has 0 aromatic heterocycles. The normalized spacial score (nSPS) is 17.1. The number of amides is 3. The molecule has 0 spiro atoms. The molecule has 1 atom stereocenters. The number of carbonyl (C=O) groups excluding carboxylic acids is 3. The van der Waals surface area contributed by atoms with Crippen molar-refractivity contribution in [2.75, 3.05) is 11.9 Å². The predicted molar refractivity (Wildman–Crippen MR) is 119 cm³/mol. The van der Waals surface area contributed by atoms with Gasteiger partial charge in [-0.3, -0.25) is 19.3 Å². The van der Waals surface area contributed by atoms with E-state index < -0.39 is 5.25 Å². The first kappa shape index (κ1) is 21.3. The van der Waals surface area contributed by atoms with Crippen LogP contribution < -0.4 is 10.7 Å². The molecule has 0 bridgehead atoms. The van der Waals surface area contributed by atoms with Crippen molar-refractivity contribution < 1.29 is 14.4 Å². The number of thioether (sulfide) groups is 1. The van der Waals surface area contributed by atoms with Crippen molar-refractivity contribution in [3.63, 3.8) is 0 Å². The van der Waals surface area contributed by atoms with Crippen LogP contribution in [-0.4, -0.2) is 39.6 Å². The summed E-state index contributed by atoms with van der Waals surface area (Å²) in [5.41, 5.74) is 4.03. The van der Waals surface area contributed by atoms with E-state index in [1.54, 1.807) is 18.2 Å². The molecule has 0 aliphatic carbocycles. The second-order valence-corrected chi connectivity index (χ2v) is 7.72. The number of hydrazone groups is 1. The highest BCUT2D eigenvalue weighted by Gasteiger charge is 2.38. The van der Waals surface area contributed by atoms with Gasteiger partial charge in [0.05, 0.1) is 6.42 Å². The molecule has 1 unspecified atom stereocenters. The maximum Gasteiger partial charge on any atom is 0.244 e. The third-order valence-electron chi connectivity index (χ3n) is 4.24. The Labute approximate surface area is 179 Å². The van der Waals surface area contributed by atoms with Crippen LogP contribution in [-0.2, 0) is 20.8 Å². The molecular weight excluding hydrogens is 400 g/mol. The van der Waals surface area contributed by atoms with Gasteiger partial charge < -0.3 is 5.32 Å². The minimum Gasteiger partial charge on any atom is -0.326 e. The average Bonchev–Trinajstić information content (AvgIpc) is 3.03. The van der Waals surface area contributed by atoms with Gasteiger partial charge in [-0.05, 0) is 17.7 Å². The molecule has 7 nitrogen and oxygen atoms in total. The van der Waals surface area contributed by atoms with E-state index in [2.05, 4.69) is 22.4 Å². The summed E-state index contributed by atoms with van der Waals surface area (Å²) in [6, 6.07) is 18.4. The molecule has 3 amide bonds. The van der Waals surface area contributed by atoms with E-state index in [1.165, 1.54) is 4.90 Å². The molecule has 2 aromatic carbocycles. The minimum atomic E-state index is -0.613. The van der Waals surface area contributed by atoms with Crippen molar-refractivity contribution in [3.05, 3.63) is 78.9 Å². The topological polar surface area (TPSA) is 90.9 Å². The van der Waals surface area contributed by atoms with Gasteiger partial charge in [0.15, 0.2) is 5.17 Å². The van der Waals surface area contributed by atoms with Gasteiger partial charge in [0.25, 0.3) is 0 Å². The predicted octanol–water partition coefficient (Wildman–Crippen LogP) is 2.78. The van der Waals surface area contributed by atoms with E-state index in [0.717, 1.165) is 17.3 Å². The highest BCUT2D eigenvalue weighted by molar-refractivity contribution is 8.15. The number of hydrogen-bond acceptors (Lipinski definition) is 5. The molecular formula is C22H22N4O3S. The van der Waals surface area contributed by atoms with Crippen LogP contribution in [0.2, 0.25) is 0 Å². The van der Waals surface area contributed by atoms with Gasteiger partial charge in [-0.1, -0.05) is 66.4 Å². The first-order valence-corrected chi connectivity index (χ1v) is 10.3. The molecule has 1 heterocycles. The van der Waals surface area contributed by atoms with E-state index in [1.807, 2.05) is 48.5 Å². The number of nitrogens with one attached hydrogen (secondary N) is 2. The van der Waals surface area contributed by atoms with Gasteiger partial charge in [0.2, 0.25) is 17.7 Å². The summed E-state index contributed by atoms with van der Waals surface area (Å²) in [6.45, 7) is 3.91. The first-order valence-electron chi connectivity index (χ1n) is 9.41. The van der Waals surface area contributed by atoms with E-state index in [0.29, 0.717) is 10.9 Å². The molecule has 2 N–H and O–H groups in total. The maximum atomic E-state index is 12.7. The van der Waals surface area contributed by atoms with Crippen LogP contribution >= 0.6 is 11.8 Å². The van der Waals surface area contributed by atoms with Gasteiger partial charge >= 0.3 is 0 Å². The largest absolute Gasteiger partial charge is 0.326 e. The zero-order chi connectivity index (χ0) is 21.3. The van der Waals surface area contributed by atoms with Crippen molar-refractivity contribution >= 4 is 40.3 Å². The maximum absolute atomic E-state index is 12.7. The molecule has 2 aromatic rings. The van der Waals surface area contributed by atoms with Crippen LogP contribution in [0, 0.1) is 0 Å². The van der Waals surface area contributed by atoms with Crippen LogP contribution in [0.25, 0.3) is 0 Å². The van der Waals surface area contributed by atoms with Gasteiger partial charge in [-0.25, -0.2) is 5.43 Å². The Morgan fingerprint density at radius 1 is 1.07 bits per heavy atom. The lowest BCUT2D eigenvalue weighted by Crippen LogP contribution is -2.34. The summed E-state index contributed by atoms with van der Waals surface area (Å²) in [4.78, 5) is 38.6. The lowest BCUT2D eigenvalue weighted by molar-refractivity contribution is -0.128. The lowest BCUT2D eigenvalue weighted by atomic mass is 10.1. The summed E-state index contributed by atoms with van der Waals surface area (Å²) >= 11 is 1.16. The van der Waals surface area contributed by atoms with Crippen molar-refractivity contribution in [1.29, 1.82) is 0 Å². The SMILES string of the molecule is C=CCN1C(=O)C(CC(=O)Nc2ccccc2)SC1=NNC(=O)Cc1ccccc1. The van der Waals surface area contributed by atoms with E-state index in [4.69, 9.17) is 0 Å². The number of benzene rings is 2. The summed E-state index contributed by atoms with van der Waals surface area (Å²) in [6.07, 6.45) is 1.76. The fourth-order valence-electron chi connectivity index (χ4n) is 2.86. The Kier molecular flexibility index (Phi) is 7.40. The van der Waals surface area contributed by atoms with E-state index in [9.17, 15) is 14.4 Å². The standard InChI is InChI=1S/C22H22N4O3S/c1-2-13-26-21(29)18(15-19(27)23-17-11-7-4-8-12-17)30-22(26)25-24-20(28)14-16-9-5-3-6-10-16/h2-12,18H,1,13-15H2,(H,23,27)(H,24,28). The second kappa shape index (κ2) is 10.4. The van der Waals surface area contributed by atoms with Crippen LogP contribution in [0.4, 0.5) is 5.69 Å². The highest BCUT2D eigenvalue weighted by Crippen LogP contribution is 2.29. The third-order valence-corrected chi connectivity index (χ3v) is 5.42. The van der Waals surface area contributed by atoms with E-state index in [-0.39, 0.29) is 37.1 Å². The zero-order valence-electron chi connectivity index (χ0n) is 16.3. The Morgan fingerprint density at radius 2 is 1.73 bits per heavy atom. The molecule has 1 fully saturated rings. The van der Waals surface area contributed by atoms with Crippen molar-refractivity contribution in [3.8, 4) is 0 Å². The number of carbonyl (C=O) groups is 3. The Balaban J connectivity index is 1.61. The molecule has 8 heteroatoms. The third kappa shape index (κ3) is 5.81. The zero-order valence-corrected chi connectivity index (χ0v) is 17.1. The molecule has 1 aliphatic rings. The fraction of sp³-hybridized carbons (Fsp3) is 0.182. The Morgan fingerprint density at radius 3 is 2.40 bits per heavy atom. The quantitative estimate of drug-likeness (QED) is 0.506. The number of amidine groups is 1. The number of nitrogens with zero attached hydrogens (tertiary/aromatic N) is 2. The number of anilines is 1. The average molecular weight is 423 g/mol. The fourth-order valence-corrected chi connectivity index (χ4v) is 3.96. The molecule has 0 saturated carbocycles. The summed E-state index contributed by atoms with van der Waals surface area (Å²) in [5.74, 6) is -0.787. The van der Waals surface area contributed by atoms with Crippen molar-refractivity contribution in [2.45, 2.75) is 18.1 Å². The smallest absolute Gasteiger partial charge is 0.244 e. The van der Waals surface area contributed by atoms with Crippen LogP contribution in [0.3, 0.4) is 0 Å². The number of hydrogen-bond donors (Lipinski definition) is 2. The molecule has 3 rings (SSSR count). The molecule has 1 aliphatic heterocycles. The van der Waals surface area contributed by atoms with Crippen molar-refractivity contribution in [2.24, 2.45) is 5.10 Å².